The van der Waals surface area contributed by atoms with E-state index in [1.165, 1.54) is 9.80 Å². The molecule has 138 valence electrons. The van der Waals surface area contributed by atoms with Gasteiger partial charge in [-0.25, -0.2) is 9.59 Å². The highest BCUT2D eigenvalue weighted by Crippen LogP contribution is 2.20. The molecule has 2 aromatic rings. The fourth-order valence-electron chi connectivity index (χ4n) is 2.14. The highest BCUT2D eigenvalue weighted by atomic mass is 16.6. The van der Waals surface area contributed by atoms with Crippen molar-refractivity contribution in [2.45, 2.75) is 0 Å². The smallest absolute Gasteiger partial charge is 0.410 e. The second-order valence-corrected chi connectivity index (χ2v) is 5.70. The van der Waals surface area contributed by atoms with Crippen LogP contribution in [0.1, 0.15) is 0 Å². The van der Waals surface area contributed by atoms with Gasteiger partial charge in [-0.05, 0) is 24.3 Å². The van der Waals surface area contributed by atoms with Crippen LogP contribution in [0.5, 0.6) is 5.75 Å². The zero-order valence-electron chi connectivity index (χ0n) is 15.1. The van der Waals surface area contributed by atoms with Crippen molar-refractivity contribution in [1.82, 2.24) is 4.90 Å². The van der Waals surface area contributed by atoms with E-state index in [1.807, 2.05) is 30.3 Å². The Balaban J connectivity index is 2.12. The quantitative estimate of drug-likeness (QED) is 0.860. The van der Waals surface area contributed by atoms with Crippen LogP contribution < -0.4 is 15.0 Å². The molecule has 0 saturated heterocycles. The zero-order valence-corrected chi connectivity index (χ0v) is 15.1. The first kappa shape index (κ1) is 19.3. The number of carbonyl (C=O) groups excluding carboxylic acids is 2. The van der Waals surface area contributed by atoms with Crippen LogP contribution in [-0.2, 0) is 4.74 Å². The molecule has 0 spiro atoms. The van der Waals surface area contributed by atoms with Crippen molar-refractivity contribution in [2.24, 2.45) is 0 Å². The van der Waals surface area contributed by atoms with Gasteiger partial charge in [0.2, 0.25) is 0 Å². The van der Waals surface area contributed by atoms with Crippen LogP contribution in [0.15, 0.2) is 54.6 Å². The number of nitrogens with zero attached hydrogens (tertiary/aromatic N) is 2. The van der Waals surface area contributed by atoms with E-state index in [2.05, 4.69) is 5.32 Å². The normalized spacial score (nSPS) is 10.1. The first-order valence-corrected chi connectivity index (χ1v) is 8.13. The van der Waals surface area contributed by atoms with Gasteiger partial charge in [0.15, 0.2) is 0 Å². The summed E-state index contributed by atoms with van der Waals surface area (Å²) in [4.78, 5) is 27.3. The molecule has 7 nitrogen and oxygen atoms in total. The van der Waals surface area contributed by atoms with Crippen LogP contribution in [0, 0.1) is 0 Å². The fourth-order valence-corrected chi connectivity index (χ4v) is 2.14. The second-order valence-electron chi connectivity index (χ2n) is 5.70. The summed E-state index contributed by atoms with van der Waals surface area (Å²) < 4.78 is 10.6. The molecule has 0 atom stereocenters. The average molecular weight is 357 g/mol. The minimum atomic E-state index is -0.524. The number of ether oxygens (including phenoxy) is 2. The number of amides is 3. The van der Waals surface area contributed by atoms with E-state index in [1.54, 1.807) is 45.5 Å². The van der Waals surface area contributed by atoms with Crippen LogP contribution in [-0.4, -0.2) is 51.4 Å². The molecule has 7 heteroatoms. The maximum absolute atomic E-state index is 12.6. The molecule has 0 aliphatic rings. The highest BCUT2D eigenvalue weighted by Gasteiger charge is 2.18. The van der Waals surface area contributed by atoms with Gasteiger partial charge >= 0.3 is 12.1 Å². The molecule has 0 fully saturated rings. The van der Waals surface area contributed by atoms with Gasteiger partial charge in [-0.15, -0.1) is 0 Å². The van der Waals surface area contributed by atoms with Gasteiger partial charge in [0.05, 0.1) is 13.2 Å². The van der Waals surface area contributed by atoms with Crippen molar-refractivity contribution in [2.75, 3.05) is 44.6 Å². The monoisotopic (exact) mass is 357 g/mol. The SMILES string of the molecule is COCCN(C(=O)Oc1cccc(NC(=O)N(C)C)c1)c1ccccc1. The number of urea groups is 1. The number of anilines is 2. The Hall–Kier alpha value is -3.06. The summed E-state index contributed by atoms with van der Waals surface area (Å²) in [6.07, 6.45) is -0.524. The predicted molar refractivity (Wildman–Crippen MR) is 101 cm³/mol. The van der Waals surface area contributed by atoms with E-state index < -0.39 is 6.09 Å². The first-order valence-electron chi connectivity index (χ1n) is 8.13. The maximum Gasteiger partial charge on any atom is 0.419 e. The van der Waals surface area contributed by atoms with E-state index >= 15 is 0 Å². The molecule has 0 radical (unpaired) electrons. The van der Waals surface area contributed by atoms with Crippen LogP contribution in [0.3, 0.4) is 0 Å². The van der Waals surface area contributed by atoms with E-state index in [-0.39, 0.29) is 6.03 Å². The van der Waals surface area contributed by atoms with Gasteiger partial charge in [-0.3, -0.25) is 4.90 Å². The van der Waals surface area contributed by atoms with Gasteiger partial charge in [-0.2, -0.15) is 0 Å². The molecule has 3 amide bonds. The van der Waals surface area contributed by atoms with Gasteiger partial charge in [0.25, 0.3) is 0 Å². The summed E-state index contributed by atoms with van der Waals surface area (Å²) in [7, 11) is 4.87. The number of hydrogen-bond acceptors (Lipinski definition) is 4. The highest BCUT2D eigenvalue weighted by molar-refractivity contribution is 5.90. The van der Waals surface area contributed by atoms with Crippen molar-refractivity contribution in [3.05, 3.63) is 54.6 Å². The molecule has 0 aliphatic heterocycles. The number of carbonyl (C=O) groups is 2. The predicted octanol–water partition coefficient (Wildman–Crippen LogP) is 3.43. The summed E-state index contributed by atoms with van der Waals surface area (Å²) in [6, 6.07) is 15.6. The summed E-state index contributed by atoms with van der Waals surface area (Å²) in [6.45, 7) is 0.735. The van der Waals surface area contributed by atoms with Crippen LogP contribution in [0.4, 0.5) is 21.0 Å². The van der Waals surface area contributed by atoms with Crippen LogP contribution >= 0.6 is 0 Å². The number of benzene rings is 2. The Bertz CT molecular complexity index is 735. The number of para-hydroxylation sites is 1. The molecule has 0 saturated carbocycles. The standard InChI is InChI=1S/C19H23N3O4/c1-21(2)18(23)20-15-8-7-11-17(14-15)26-19(24)22(12-13-25-3)16-9-5-4-6-10-16/h4-11,14H,12-13H2,1-3H3,(H,20,23). The Kier molecular flexibility index (Phi) is 6.99. The molecular formula is C19H23N3O4. The summed E-state index contributed by atoms with van der Waals surface area (Å²) >= 11 is 0. The first-order chi connectivity index (χ1) is 12.5. The number of methoxy groups -OCH3 is 1. The summed E-state index contributed by atoms with van der Waals surface area (Å²) in [5, 5.41) is 2.71. The van der Waals surface area contributed by atoms with Crippen molar-refractivity contribution >= 4 is 23.5 Å². The lowest BCUT2D eigenvalue weighted by atomic mass is 10.3. The zero-order chi connectivity index (χ0) is 18.9. The Labute approximate surface area is 153 Å². The van der Waals surface area contributed by atoms with E-state index in [9.17, 15) is 9.59 Å². The molecular weight excluding hydrogens is 334 g/mol. The Morgan fingerprint density at radius 3 is 2.42 bits per heavy atom. The third-order valence-corrected chi connectivity index (χ3v) is 3.50. The molecule has 0 heterocycles. The number of rotatable bonds is 6. The number of hydrogen-bond donors (Lipinski definition) is 1. The van der Waals surface area contributed by atoms with Crippen molar-refractivity contribution < 1.29 is 19.1 Å². The molecule has 1 N–H and O–H groups in total. The molecule has 2 rings (SSSR count). The average Bonchev–Trinajstić information content (AvgIpc) is 2.63. The third-order valence-electron chi connectivity index (χ3n) is 3.50. The van der Waals surface area contributed by atoms with Gasteiger partial charge in [0, 0.05) is 38.6 Å². The van der Waals surface area contributed by atoms with Crippen molar-refractivity contribution in [1.29, 1.82) is 0 Å². The summed E-state index contributed by atoms with van der Waals surface area (Å²) in [5.41, 5.74) is 1.25. The molecule has 0 aromatic heterocycles. The minimum Gasteiger partial charge on any atom is -0.410 e. The molecule has 26 heavy (non-hydrogen) atoms. The Morgan fingerprint density at radius 1 is 1.04 bits per heavy atom. The second kappa shape index (κ2) is 9.43. The van der Waals surface area contributed by atoms with Gasteiger partial charge in [0.1, 0.15) is 5.75 Å². The molecule has 2 aromatic carbocycles. The van der Waals surface area contributed by atoms with Gasteiger partial charge in [-0.1, -0.05) is 24.3 Å². The van der Waals surface area contributed by atoms with E-state index in [4.69, 9.17) is 9.47 Å². The Morgan fingerprint density at radius 2 is 1.77 bits per heavy atom. The largest absolute Gasteiger partial charge is 0.419 e. The number of nitrogens with one attached hydrogen (secondary N) is 1. The topological polar surface area (TPSA) is 71.1 Å². The molecule has 0 aliphatic carbocycles. The lowest BCUT2D eigenvalue weighted by Crippen LogP contribution is -2.36. The maximum atomic E-state index is 12.6. The van der Waals surface area contributed by atoms with Crippen molar-refractivity contribution in [3.63, 3.8) is 0 Å². The minimum absolute atomic E-state index is 0.264. The van der Waals surface area contributed by atoms with E-state index in [0.29, 0.717) is 30.3 Å². The lowest BCUT2D eigenvalue weighted by Gasteiger charge is -2.22. The summed E-state index contributed by atoms with van der Waals surface area (Å²) in [5.74, 6) is 0.338. The molecule has 0 bridgehead atoms. The lowest BCUT2D eigenvalue weighted by molar-refractivity contribution is 0.190. The van der Waals surface area contributed by atoms with Crippen LogP contribution in [0.2, 0.25) is 0 Å². The molecule has 0 unspecified atom stereocenters. The van der Waals surface area contributed by atoms with E-state index in [0.717, 1.165) is 0 Å². The fraction of sp³-hybridized carbons (Fsp3) is 0.263. The van der Waals surface area contributed by atoms with Crippen LogP contribution in [0.25, 0.3) is 0 Å². The van der Waals surface area contributed by atoms with Gasteiger partial charge < -0.3 is 19.7 Å². The third kappa shape index (κ3) is 5.49. The van der Waals surface area contributed by atoms with Crippen molar-refractivity contribution in [3.8, 4) is 5.75 Å².